The van der Waals surface area contributed by atoms with Gasteiger partial charge in [0.05, 0.1) is 17.4 Å². The number of aromatic nitrogens is 1. The summed E-state index contributed by atoms with van der Waals surface area (Å²) in [5.41, 5.74) is -1.72. The molecule has 2 heterocycles. The zero-order valence-corrected chi connectivity index (χ0v) is 15.0. The number of carbonyl (C=O) groups is 1. The summed E-state index contributed by atoms with van der Waals surface area (Å²) in [6.07, 6.45) is -3.35. The van der Waals surface area contributed by atoms with Crippen molar-refractivity contribution in [2.24, 2.45) is 0 Å². The lowest BCUT2D eigenvalue weighted by Gasteiger charge is -2.29. The van der Waals surface area contributed by atoms with E-state index in [0.29, 0.717) is 24.7 Å². The van der Waals surface area contributed by atoms with Crippen LogP contribution in [0, 0.1) is 17.1 Å². The van der Waals surface area contributed by atoms with Gasteiger partial charge in [0.1, 0.15) is 11.9 Å². The largest absolute Gasteiger partial charge is 0.419 e. The van der Waals surface area contributed by atoms with Crippen LogP contribution in [0.1, 0.15) is 24.1 Å². The standard InChI is InChI=1S/C18H12F4N4OS/c19-11-3-5-12(6-4-11)25-7-1-2-16(27)26(17(25)28)13-8-14(18(20,21)22)15(9-23)24-10-13/h3-6,8,10H,1-2,7H2. The van der Waals surface area contributed by atoms with Crippen LogP contribution in [0.4, 0.5) is 28.9 Å². The van der Waals surface area contributed by atoms with Gasteiger partial charge in [-0.3, -0.25) is 9.69 Å². The maximum atomic E-state index is 13.3. The second kappa shape index (κ2) is 7.52. The van der Waals surface area contributed by atoms with E-state index in [1.54, 1.807) is 4.90 Å². The van der Waals surface area contributed by atoms with E-state index in [1.807, 2.05) is 0 Å². The molecule has 0 N–H and O–H groups in total. The van der Waals surface area contributed by atoms with Crippen molar-refractivity contribution in [3.63, 3.8) is 0 Å². The number of thiocarbonyl (C=S) groups is 1. The zero-order valence-electron chi connectivity index (χ0n) is 14.2. The lowest BCUT2D eigenvalue weighted by Crippen LogP contribution is -2.44. The molecule has 0 spiro atoms. The number of amides is 1. The molecule has 1 aromatic carbocycles. The minimum atomic E-state index is -4.82. The highest BCUT2D eigenvalue weighted by atomic mass is 32.1. The van der Waals surface area contributed by atoms with Gasteiger partial charge in [-0.15, -0.1) is 0 Å². The molecule has 3 rings (SSSR count). The number of pyridine rings is 1. The smallest absolute Gasteiger partial charge is 0.318 e. The summed E-state index contributed by atoms with van der Waals surface area (Å²) in [7, 11) is 0. The summed E-state index contributed by atoms with van der Waals surface area (Å²) in [5, 5.41) is 8.84. The molecular weight excluding hydrogens is 396 g/mol. The van der Waals surface area contributed by atoms with Gasteiger partial charge in [-0.2, -0.15) is 18.4 Å². The van der Waals surface area contributed by atoms with E-state index >= 15 is 0 Å². The highest BCUT2D eigenvalue weighted by Gasteiger charge is 2.37. The van der Waals surface area contributed by atoms with E-state index in [1.165, 1.54) is 30.3 Å². The van der Waals surface area contributed by atoms with Crippen molar-refractivity contribution in [2.45, 2.75) is 19.0 Å². The van der Waals surface area contributed by atoms with Gasteiger partial charge in [-0.05, 0) is 49.0 Å². The molecule has 1 aromatic heterocycles. The molecule has 0 bridgehead atoms. The normalized spacial score (nSPS) is 15.4. The first kappa shape index (κ1) is 19.7. The first-order valence-electron chi connectivity index (χ1n) is 8.09. The Morgan fingerprint density at radius 1 is 1.18 bits per heavy atom. The number of carbonyl (C=O) groups excluding carboxylic acids is 1. The summed E-state index contributed by atoms with van der Waals surface area (Å²) in [6.45, 7) is 0.336. The van der Waals surface area contributed by atoms with E-state index in [-0.39, 0.29) is 17.2 Å². The fourth-order valence-electron chi connectivity index (χ4n) is 2.82. The second-order valence-electron chi connectivity index (χ2n) is 5.94. The number of hydrogen-bond donors (Lipinski definition) is 0. The second-order valence-corrected chi connectivity index (χ2v) is 6.31. The number of anilines is 2. The Morgan fingerprint density at radius 2 is 1.86 bits per heavy atom. The summed E-state index contributed by atoms with van der Waals surface area (Å²) in [6, 6.07) is 7.45. The van der Waals surface area contributed by atoms with Crippen LogP contribution >= 0.6 is 12.2 Å². The van der Waals surface area contributed by atoms with Gasteiger partial charge in [0.15, 0.2) is 10.8 Å². The van der Waals surface area contributed by atoms with Crippen molar-refractivity contribution in [3.8, 4) is 6.07 Å². The molecular formula is C18H12F4N4OS. The molecule has 0 unspecified atom stereocenters. The molecule has 28 heavy (non-hydrogen) atoms. The average molecular weight is 408 g/mol. The van der Waals surface area contributed by atoms with Crippen LogP contribution in [-0.4, -0.2) is 22.5 Å². The molecule has 0 radical (unpaired) electrons. The van der Waals surface area contributed by atoms with Gasteiger partial charge in [-0.25, -0.2) is 9.37 Å². The molecule has 1 fully saturated rings. The Hall–Kier alpha value is -3.06. The molecule has 1 saturated heterocycles. The Balaban J connectivity index is 2.06. The first-order valence-corrected chi connectivity index (χ1v) is 8.50. The average Bonchev–Trinajstić information content (AvgIpc) is 2.79. The Kier molecular flexibility index (Phi) is 5.29. The minimum absolute atomic E-state index is 0.0475. The maximum Gasteiger partial charge on any atom is 0.419 e. The molecule has 0 saturated carbocycles. The number of nitrogens with zero attached hydrogens (tertiary/aromatic N) is 4. The van der Waals surface area contributed by atoms with Gasteiger partial charge in [0, 0.05) is 18.7 Å². The van der Waals surface area contributed by atoms with Crippen LogP contribution in [0.25, 0.3) is 0 Å². The summed E-state index contributed by atoms with van der Waals surface area (Å²) in [4.78, 5) is 18.6. The maximum absolute atomic E-state index is 13.3. The molecule has 0 atom stereocenters. The predicted octanol–water partition coefficient (Wildman–Crippen LogP) is 4.03. The third-order valence-corrected chi connectivity index (χ3v) is 4.53. The Labute approximate surface area is 162 Å². The number of rotatable bonds is 2. The van der Waals surface area contributed by atoms with Crippen LogP contribution in [0.15, 0.2) is 36.5 Å². The van der Waals surface area contributed by atoms with Crippen molar-refractivity contribution in [1.82, 2.24) is 4.98 Å². The number of hydrogen-bond acceptors (Lipinski definition) is 4. The number of nitriles is 1. The highest BCUT2D eigenvalue weighted by molar-refractivity contribution is 7.81. The molecule has 2 aromatic rings. The topological polar surface area (TPSA) is 60.2 Å². The van der Waals surface area contributed by atoms with Crippen molar-refractivity contribution in [2.75, 3.05) is 16.3 Å². The van der Waals surface area contributed by atoms with Gasteiger partial charge < -0.3 is 4.90 Å². The first-order chi connectivity index (χ1) is 13.2. The summed E-state index contributed by atoms with van der Waals surface area (Å²) in [5.74, 6) is -0.947. The van der Waals surface area contributed by atoms with E-state index in [2.05, 4.69) is 4.98 Å². The van der Waals surface area contributed by atoms with E-state index < -0.39 is 29.2 Å². The molecule has 1 aliphatic heterocycles. The zero-order chi connectivity index (χ0) is 20.5. The van der Waals surface area contributed by atoms with E-state index in [0.717, 1.165) is 11.1 Å². The van der Waals surface area contributed by atoms with Crippen molar-refractivity contribution in [3.05, 3.63) is 53.6 Å². The van der Waals surface area contributed by atoms with Gasteiger partial charge >= 0.3 is 6.18 Å². The fourth-order valence-corrected chi connectivity index (χ4v) is 3.22. The lowest BCUT2D eigenvalue weighted by atomic mass is 10.1. The number of halogens is 4. The number of benzene rings is 1. The highest BCUT2D eigenvalue weighted by Crippen LogP contribution is 2.34. The third kappa shape index (κ3) is 3.80. The molecule has 10 heteroatoms. The SMILES string of the molecule is N#Cc1ncc(N2C(=O)CCCN(c3ccc(F)cc3)C2=S)cc1C(F)(F)F. The van der Waals surface area contributed by atoms with E-state index in [4.69, 9.17) is 17.5 Å². The molecule has 1 amide bonds. The van der Waals surface area contributed by atoms with Crippen LogP contribution in [0.3, 0.4) is 0 Å². The summed E-state index contributed by atoms with van der Waals surface area (Å²) < 4.78 is 53.0. The van der Waals surface area contributed by atoms with Crippen molar-refractivity contribution in [1.29, 1.82) is 5.26 Å². The Bertz CT molecular complexity index is 969. The van der Waals surface area contributed by atoms with Gasteiger partial charge in [0.25, 0.3) is 0 Å². The Morgan fingerprint density at radius 3 is 2.46 bits per heavy atom. The van der Waals surface area contributed by atoms with Gasteiger partial charge in [0.2, 0.25) is 5.91 Å². The lowest BCUT2D eigenvalue weighted by molar-refractivity contribution is -0.138. The monoisotopic (exact) mass is 408 g/mol. The van der Waals surface area contributed by atoms with Crippen LogP contribution in [0.2, 0.25) is 0 Å². The van der Waals surface area contributed by atoms with Gasteiger partial charge in [-0.1, -0.05) is 0 Å². The molecule has 144 valence electrons. The van der Waals surface area contributed by atoms with Crippen LogP contribution < -0.4 is 9.80 Å². The molecule has 5 nitrogen and oxygen atoms in total. The molecule has 1 aliphatic rings. The van der Waals surface area contributed by atoms with Crippen molar-refractivity contribution >= 4 is 34.6 Å². The summed E-state index contributed by atoms with van der Waals surface area (Å²) >= 11 is 5.37. The number of alkyl halides is 3. The quantitative estimate of drug-likeness (QED) is 0.555. The van der Waals surface area contributed by atoms with E-state index in [9.17, 15) is 22.4 Å². The molecule has 0 aliphatic carbocycles. The van der Waals surface area contributed by atoms with Crippen LogP contribution in [0.5, 0.6) is 0 Å². The minimum Gasteiger partial charge on any atom is -0.318 e. The van der Waals surface area contributed by atoms with Crippen molar-refractivity contribution < 1.29 is 22.4 Å². The predicted molar refractivity (Wildman–Crippen MR) is 97.0 cm³/mol. The fraction of sp³-hybridized carbons (Fsp3) is 0.222. The third-order valence-electron chi connectivity index (χ3n) is 4.13. The van der Waals surface area contributed by atoms with Crippen LogP contribution in [-0.2, 0) is 11.0 Å².